The number of hydrogen-bond acceptors (Lipinski definition) is 3. The molecular weight excluding hydrogens is 290 g/mol. The maximum Gasteiger partial charge on any atom is 0.263 e. The van der Waals surface area contributed by atoms with Gasteiger partial charge in [0.1, 0.15) is 11.5 Å². The molecule has 0 heterocycles. The Balaban J connectivity index is 1.93. The van der Waals surface area contributed by atoms with Crippen molar-refractivity contribution in [2.75, 3.05) is 7.05 Å². The zero-order chi connectivity index (χ0) is 15.4. The first kappa shape index (κ1) is 15.8. The van der Waals surface area contributed by atoms with Crippen molar-refractivity contribution in [2.24, 2.45) is 0 Å². The molecule has 0 spiro atoms. The van der Waals surface area contributed by atoms with Crippen molar-refractivity contribution in [3.8, 4) is 5.75 Å². The van der Waals surface area contributed by atoms with Crippen LogP contribution in [0.1, 0.15) is 32.6 Å². The van der Waals surface area contributed by atoms with Crippen LogP contribution in [0.2, 0.25) is 5.02 Å². The molecule has 0 bridgehead atoms. The van der Waals surface area contributed by atoms with Gasteiger partial charge in [0.05, 0.1) is 0 Å². The van der Waals surface area contributed by atoms with Gasteiger partial charge in [0.25, 0.3) is 5.91 Å². The molecule has 0 N–H and O–H groups in total. The molecule has 1 saturated carbocycles. The van der Waals surface area contributed by atoms with Crippen LogP contribution in [-0.2, 0) is 9.59 Å². The fraction of sp³-hybridized carbons (Fsp3) is 0.500. The Labute approximate surface area is 130 Å². The van der Waals surface area contributed by atoms with Crippen molar-refractivity contribution in [1.29, 1.82) is 0 Å². The van der Waals surface area contributed by atoms with E-state index in [2.05, 4.69) is 0 Å². The maximum absolute atomic E-state index is 12.4. The molecule has 21 heavy (non-hydrogen) atoms. The molecule has 1 aliphatic rings. The normalized spacial score (nSPS) is 17.4. The Bertz CT molecular complexity index is 522. The molecule has 0 saturated heterocycles. The van der Waals surface area contributed by atoms with Crippen LogP contribution in [-0.4, -0.2) is 35.8 Å². The van der Waals surface area contributed by atoms with Crippen molar-refractivity contribution in [1.82, 2.24) is 4.90 Å². The third-order valence-corrected chi connectivity index (χ3v) is 4.10. The molecule has 2 rings (SSSR count). The standard InChI is InChI=1S/C16H20ClNO3/c1-11(21-15-5-3-4-12(17)10-15)16(20)18(2)13-6-8-14(19)9-7-13/h3-5,10-11,13H,6-9H2,1-2H3. The summed E-state index contributed by atoms with van der Waals surface area (Å²) in [5.74, 6) is 0.792. The van der Waals surface area contributed by atoms with Gasteiger partial charge in [-0.3, -0.25) is 9.59 Å². The summed E-state index contributed by atoms with van der Waals surface area (Å²) in [5.41, 5.74) is 0. The summed E-state index contributed by atoms with van der Waals surface area (Å²) in [6.45, 7) is 1.73. The zero-order valence-corrected chi connectivity index (χ0v) is 13.1. The number of nitrogens with zero attached hydrogens (tertiary/aromatic N) is 1. The van der Waals surface area contributed by atoms with E-state index in [1.165, 1.54) is 0 Å². The lowest BCUT2D eigenvalue weighted by molar-refractivity contribution is -0.140. The van der Waals surface area contributed by atoms with Gasteiger partial charge in [0, 0.05) is 31.0 Å². The second-order valence-corrected chi connectivity index (χ2v) is 5.87. The van der Waals surface area contributed by atoms with Gasteiger partial charge >= 0.3 is 0 Å². The third-order valence-electron chi connectivity index (χ3n) is 3.86. The van der Waals surface area contributed by atoms with E-state index in [1.807, 2.05) is 0 Å². The molecule has 0 aromatic heterocycles. The van der Waals surface area contributed by atoms with Crippen molar-refractivity contribution >= 4 is 23.3 Å². The summed E-state index contributed by atoms with van der Waals surface area (Å²) < 4.78 is 5.65. The summed E-state index contributed by atoms with van der Waals surface area (Å²) in [6, 6.07) is 7.12. The number of hydrogen-bond donors (Lipinski definition) is 0. The zero-order valence-electron chi connectivity index (χ0n) is 12.3. The minimum Gasteiger partial charge on any atom is -0.481 e. The van der Waals surface area contributed by atoms with Crippen LogP contribution < -0.4 is 4.74 Å². The highest BCUT2D eigenvalue weighted by molar-refractivity contribution is 6.30. The number of carbonyl (C=O) groups excluding carboxylic acids is 2. The van der Waals surface area contributed by atoms with E-state index >= 15 is 0 Å². The topological polar surface area (TPSA) is 46.6 Å². The maximum atomic E-state index is 12.4. The molecule has 1 amide bonds. The molecule has 1 fully saturated rings. The Kier molecular flexibility index (Phi) is 5.23. The lowest BCUT2D eigenvalue weighted by Crippen LogP contribution is -2.45. The van der Waals surface area contributed by atoms with E-state index in [-0.39, 0.29) is 17.7 Å². The van der Waals surface area contributed by atoms with E-state index in [1.54, 1.807) is 43.1 Å². The quantitative estimate of drug-likeness (QED) is 0.858. The summed E-state index contributed by atoms with van der Waals surface area (Å²) in [4.78, 5) is 25.4. The van der Waals surface area contributed by atoms with Gasteiger partial charge in [0.15, 0.2) is 6.10 Å². The van der Waals surface area contributed by atoms with Crippen LogP contribution in [0.25, 0.3) is 0 Å². The molecular formula is C16H20ClNO3. The van der Waals surface area contributed by atoms with E-state index in [0.717, 1.165) is 12.8 Å². The predicted octanol–water partition coefficient (Wildman–Crippen LogP) is 3.08. The van der Waals surface area contributed by atoms with Gasteiger partial charge in [-0.1, -0.05) is 17.7 Å². The second kappa shape index (κ2) is 6.94. The van der Waals surface area contributed by atoms with Crippen molar-refractivity contribution in [2.45, 2.75) is 44.8 Å². The highest BCUT2D eigenvalue weighted by atomic mass is 35.5. The van der Waals surface area contributed by atoms with Crippen LogP contribution in [0.15, 0.2) is 24.3 Å². The fourth-order valence-corrected chi connectivity index (χ4v) is 2.75. The first-order valence-corrected chi connectivity index (χ1v) is 7.56. The molecule has 4 nitrogen and oxygen atoms in total. The second-order valence-electron chi connectivity index (χ2n) is 5.44. The van der Waals surface area contributed by atoms with Gasteiger partial charge in [-0.15, -0.1) is 0 Å². The van der Waals surface area contributed by atoms with Gasteiger partial charge in [-0.05, 0) is 38.0 Å². The van der Waals surface area contributed by atoms with Crippen molar-refractivity contribution in [3.63, 3.8) is 0 Å². The molecule has 1 unspecified atom stereocenters. The predicted molar refractivity (Wildman–Crippen MR) is 81.6 cm³/mol. The lowest BCUT2D eigenvalue weighted by Gasteiger charge is -2.32. The van der Waals surface area contributed by atoms with Crippen molar-refractivity contribution < 1.29 is 14.3 Å². The number of halogens is 1. The molecule has 0 radical (unpaired) electrons. The lowest BCUT2D eigenvalue weighted by atomic mass is 9.93. The van der Waals surface area contributed by atoms with Gasteiger partial charge in [-0.25, -0.2) is 0 Å². The Morgan fingerprint density at radius 3 is 2.67 bits per heavy atom. The number of Topliss-reactive ketones (excluding diaryl/α,β-unsaturated/α-hetero) is 1. The van der Waals surface area contributed by atoms with Crippen LogP contribution in [0.4, 0.5) is 0 Å². The molecule has 5 heteroatoms. The smallest absolute Gasteiger partial charge is 0.263 e. The summed E-state index contributed by atoms with van der Waals surface area (Å²) in [5, 5.41) is 0.575. The van der Waals surface area contributed by atoms with E-state index in [4.69, 9.17) is 16.3 Å². The Morgan fingerprint density at radius 2 is 2.05 bits per heavy atom. The molecule has 0 aliphatic heterocycles. The third kappa shape index (κ3) is 4.21. The number of benzene rings is 1. The Morgan fingerprint density at radius 1 is 1.38 bits per heavy atom. The average molecular weight is 310 g/mol. The van der Waals surface area contributed by atoms with Crippen molar-refractivity contribution in [3.05, 3.63) is 29.3 Å². The monoisotopic (exact) mass is 309 g/mol. The fourth-order valence-electron chi connectivity index (χ4n) is 2.57. The van der Waals surface area contributed by atoms with Crippen LogP contribution in [0.3, 0.4) is 0 Å². The van der Waals surface area contributed by atoms with Crippen LogP contribution in [0, 0.1) is 0 Å². The first-order chi connectivity index (χ1) is 9.97. The van der Waals surface area contributed by atoms with Crippen LogP contribution >= 0.6 is 11.6 Å². The summed E-state index contributed by atoms with van der Waals surface area (Å²) in [7, 11) is 1.78. The van der Waals surface area contributed by atoms with Gasteiger partial charge in [0.2, 0.25) is 0 Å². The summed E-state index contributed by atoms with van der Waals surface area (Å²) in [6.07, 6.45) is 2.03. The number of rotatable bonds is 4. The molecule has 1 atom stereocenters. The summed E-state index contributed by atoms with van der Waals surface area (Å²) >= 11 is 5.90. The number of likely N-dealkylation sites (N-methyl/N-ethyl adjacent to an activating group) is 1. The average Bonchev–Trinajstić information content (AvgIpc) is 2.46. The van der Waals surface area contributed by atoms with Gasteiger partial charge in [-0.2, -0.15) is 0 Å². The van der Waals surface area contributed by atoms with Gasteiger partial charge < -0.3 is 9.64 Å². The number of ether oxygens (including phenoxy) is 1. The number of ketones is 1. The minimum absolute atomic E-state index is 0.0747. The van der Waals surface area contributed by atoms with E-state index in [0.29, 0.717) is 23.6 Å². The largest absolute Gasteiger partial charge is 0.481 e. The minimum atomic E-state index is -0.578. The molecule has 1 aromatic carbocycles. The number of amides is 1. The molecule has 1 aromatic rings. The molecule has 114 valence electrons. The molecule has 1 aliphatic carbocycles. The van der Waals surface area contributed by atoms with Crippen LogP contribution in [0.5, 0.6) is 5.75 Å². The van der Waals surface area contributed by atoms with E-state index in [9.17, 15) is 9.59 Å². The SMILES string of the molecule is CC(Oc1cccc(Cl)c1)C(=O)N(C)C1CCC(=O)CC1. The highest BCUT2D eigenvalue weighted by Crippen LogP contribution is 2.22. The van der Waals surface area contributed by atoms with E-state index < -0.39 is 6.10 Å². The first-order valence-electron chi connectivity index (χ1n) is 7.18. The number of carbonyl (C=O) groups is 2. The Hall–Kier alpha value is -1.55. The highest BCUT2D eigenvalue weighted by Gasteiger charge is 2.28.